The number of nitrogens with one attached hydrogen (secondary N) is 2. The van der Waals surface area contributed by atoms with Gasteiger partial charge in [0.15, 0.2) is 5.13 Å². The lowest BCUT2D eigenvalue weighted by Crippen LogP contribution is -2.35. The highest BCUT2D eigenvalue weighted by atomic mass is 35.5. The summed E-state index contributed by atoms with van der Waals surface area (Å²) < 4.78 is 0. The van der Waals surface area contributed by atoms with Gasteiger partial charge in [0.2, 0.25) is 5.91 Å². The quantitative estimate of drug-likeness (QED) is 0.900. The first-order valence-corrected chi connectivity index (χ1v) is 8.57. The molecule has 0 aliphatic carbocycles. The van der Waals surface area contributed by atoms with Crippen molar-refractivity contribution in [2.24, 2.45) is 0 Å². The molecule has 4 nitrogen and oxygen atoms in total. The lowest BCUT2D eigenvalue weighted by atomic mass is 10.1. The lowest BCUT2D eigenvalue weighted by Gasteiger charge is -2.08. The Kier molecular flexibility index (Phi) is 4.76. The third-order valence-corrected chi connectivity index (χ3v) is 5.25. The summed E-state index contributed by atoms with van der Waals surface area (Å²) in [6.07, 6.45) is 2.68. The number of hydrogen-bond donors (Lipinski definition) is 2. The molecule has 0 spiro atoms. The number of aryl methyl sites for hydroxylation is 1. The molecule has 3 rings (SSSR count). The van der Waals surface area contributed by atoms with Gasteiger partial charge in [-0.05, 0) is 37.9 Å². The first-order chi connectivity index (χ1) is 10.6. The highest BCUT2D eigenvalue weighted by molar-refractivity contribution is 7.15. The number of rotatable bonds is 4. The van der Waals surface area contributed by atoms with Crippen LogP contribution in [0.3, 0.4) is 0 Å². The number of amides is 1. The Hall–Kier alpha value is -1.43. The first-order valence-electron chi connectivity index (χ1n) is 7.37. The molecule has 0 saturated carbocycles. The first kappa shape index (κ1) is 15.5. The van der Waals surface area contributed by atoms with E-state index in [2.05, 4.69) is 15.6 Å². The summed E-state index contributed by atoms with van der Waals surface area (Å²) >= 11 is 7.73. The Labute approximate surface area is 138 Å². The number of hydrogen-bond acceptors (Lipinski definition) is 4. The molecule has 2 heterocycles. The van der Waals surface area contributed by atoms with Crippen LogP contribution in [0, 0.1) is 6.92 Å². The van der Waals surface area contributed by atoms with Crippen molar-refractivity contribution >= 4 is 34.0 Å². The number of carbonyl (C=O) groups is 1. The van der Waals surface area contributed by atoms with Gasteiger partial charge in [-0.25, -0.2) is 4.98 Å². The molecular formula is C16H18ClN3OS. The van der Waals surface area contributed by atoms with Gasteiger partial charge in [0, 0.05) is 16.3 Å². The van der Waals surface area contributed by atoms with Crippen molar-refractivity contribution in [1.29, 1.82) is 0 Å². The standard InChI is InChI=1S/C16H18ClN3OS/c1-10-14(9-11-5-2-3-6-12(11)17)22-16(19-10)20-15(21)13-7-4-8-18-13/h2-3,5-6,13,18H,4,7-9H2,1H3,(H,19,20,21). The van der Waals surface area contributed by atoms with E-state index in [4.69, 9.17) is 11.6 Å². The molecule has 1 unspecified atom stereocenters. The maximum absolute atomic E-state index is 12.1. The topological polar surface area (TPSA) is 54.0 Å². The van der Waals surface area contributed by atoms with E-state index < -0.39 is 0 Å². The van der Waals surface area contributed by atoms with Crippen molar-refractivity contribution in [3.05, 3.63) is 45.4 Å². The maximum atomic E-state index is 12.1. The number of benzene rings is 1. The number of anilines is 1. The molecule has 1 aromatic heterocycles. The summed E-state index contributed by atoms with van der Waals surface area (Å²) in [7, 11) is 0. The minimum Gasteiger partial charge on any atom is -0.306 e. The van der Waals surface area contributed by atoms with Gasteiger partial charge in [0.1, 0.15) is 0 Å². The van der Waals surface area contributed by atoms with E-state index in [1.54, 1.807) is 0 Å². The van der Waals surface area contributed by atoms with E-state index in [1.807, 2.05) is 31.2 Å². The van der Waals surface area contributed by atoms with Crippen molar-refractivity contribution in [2.45, 2.75) is 32.2 Å². The summed E-state index contributed by atoms with van der Waals surface area (Å²) in [5, 5.41) is 7.54. The van der Waals surface area contributed by atoms with Crippen LogP contribution in [0.25, 0.3) is 0 Å². The Morgan fingerprint density at radius 1 is 1.50 bits per heavy atom. The molecule has 22 heavy (non-hydrogen) atoms. The summed E-state index contributed by atoms with van der Waals surface area (Å²) in [5.41, 5.74) is 2.02. The van der Waals surface area contributed by atoms with E-state index in [0.29, 0.717) is 5.13 Å². The van der Waals surface area contributed by atoms with Crippen LogP contribution >= 0.6 is 22.9 Å². The fourth-order valence-electron chi connectivity index (χ4n) is 2.56. The fourth-order valence-corrected chi connectivity index (χ4v) is 3.75. The number of thiazole rings is 1. The Morgan fingerprint density at radius 2 is 2.32 bits per heavy atom. The van der Waals surface area contributed by atoms with Gasteiger partial charge in [-0.1, -0.05) is 29.8 Å². The second kappa shape index (κ2) is 6.77. The van der Waals surface area contributed by atoms with Crippen LogP contribution in [0.15, 0.2) is 24.3 Å². The predicted octanol–water partition coefficient (Wildman–Crippen LogP) is 3.39. The number of nitrogens with zero attached hydrogens (tertiary/aromatic N) is 1. The number of carbonyl (C=O) groups excluding carboxylic acids is 1. The van der Waals surface area contributed by atoms with E-state index in [0.717, 1.165) is 47.0 Å². The summed E-state index contributed by atoms with van der Waals surface area (Å²) in [4.78, 5) is 17.7. The molecule has 0 bridgehead atoms. The molecule has 0 radical (unpaired) electrons. The van der Waals surface area contributed by atoms with Crippen LogP contribution in [0.4, 0.5) is 5.13 Å². The third-order valence-electron chi connectivity index (χ3n) is 3.81. The van der Waals surface area contributed by atoms with Gasteiger partial charge in [-0.15, -0.1) is 11.3 Å². The molecule has 2 aromatic rings. The maximum Gasteiger partial charge on any atom is 0.243 e. The molecule has 1 atom stereocenters. The molecule has 116 valence electrons. The Bertz CT molecular complexity index is 680. The molecular weight excluding hydrogens is 318 g/mol. The lowest BCUT2D eigenvalue weighted by molar-refractivity contribution is -0.117. The van der Waals surface area contributed by atoms with Gasteiger partial charge < -0.3 is 10.6 Å². The van der Waals surface area contributed by atoms with Gasteiger partial charge >= 0.3 is 0 Å². The smallest absolute Gasteiger partial charge is 0.243 e. The van der Waals surface area contributed by atoms with E-state index in [-0.39, 0.29) is 11.9 Å². The monoisotopic (exact) mass is 335 g/mol. The zero-order valence-corrected chi connectivity index (χ0v) is 13.9. The number of halogens is 1. The molecule has 1 fully saturated rings. The molecule has 6 heteroatoms. The average molecular weight is 336 g/mol. The van der Waals surface area contributed by atoms with Gasteiger partial charge in [-0.2, -0.15) is 0 Å². The molecule has 2 N–H and O–H groups in total. The molecule has 1 aliphatic rings. The van der Waals surface area contributed by atoms with E-state index in [9.17, 15) is 4.79 Å². The molecule has 1 amide bonds. The van der Waals surface area contributed by atoms with Crippen LogP contribution < -0.4 is 10.6 Å². The summed E-state index contributed by atoms with van der Waals surface area (Å²) in [6, 6.07) is 7.72. The highest BCUT2D eigenvalue weighted by Gasteiger charge is 2.23. The van der Waals surface area contributed by atoms with Crippen LogP contribution in [0.5, 0.6) is 0 Å². The van der Waals surface area contributed by atoms with Gasteiger partial charge in [-0.3, -0.25) is 4.79 Å². The van der Waals surface area contributed by atoms with Crippen LogP contribution in [-0.2, 0) is 11.2 Å². The van der Waals surface area contributed by atoms with Crippen molar-refractivity contribution < 1.29 is 4.79 Å². The summed E-state index contributed by atoms with van der Waals surface area (Å²) in [5.74, 6) is 0.00976. The molecule has 1 aliphatic heterocycles. The largest absolute Gasteiger partial charge is 0.306 e. The van der Waals surface area contributed by atoms with Crippen LogP contribution in [-0.4, -0.2) is 23.5 Å². The van der Waals surface area contributed by atoms with Crippen molar-refractivity contribution in [3.8, 4) is 0 Å². The normalized spacial score (nSPS) is 17.6. The minimum absolute atomic E-state index is 0.00976. The fraction of sp³-hybridized carbons (Fsp3) is 0.375. The van der Waals surface area contributed by atoms with Gasteiger partial charge in [0.25, 0.3) is 0 Å². The minimum atomic E-state index is -0.0868. The van der Waals surface area contributed by atoms with Crippen LogP contribution in [0.1, 0.15) is 29.0 Å². The molecule has 1 aromatic carbocycles. The SMILES string of the molecule is Cc1nc(NC(=O)C2CCCN2)sc1Cc1ccccc1Cl. The third kappa shape index (κ3) is 3.48. The Balaban J connectivity index is 1.71. The van der Waals surface area contributed by atoms with E-state index in [1.165, 1.54) is 11.3 Å². The second-order valence-electron chi connectivity index (χ2n) is 5.43. The predicted molar refractivity (Wildman–Crippen MR) is 90.8 cm³/mol. The van der Waals surface area contributed by atoms with Crippen LogP contribution in [0.2, 0.25) is 5.02 Å². The molecule has 1 saturated heterocycles. The zero-order valence-electron chi connectivity index (χ0n) is 12.4. The van der Waals surface area contributed by atoms with Crippen molar-refractivity contribution in [1.82, 2.24) is 10.3 Å². The number of aromatic nitrogens is 1. The van der Waals surface area contributed by atoms with Crippen molar-refractivity contribution in [2.75, 3.05) is 11.9 Å². The van der Waals surface area contributed by atoms with E-state index >= 15 is 0 Å². The summed E-state index contributed by atoms with van der Waals surface area (Å²) in [6.45, 7) is 2.87. The second-order valence-corrected chi connectivity index (χ2v) is 6.92. The zero-order chi connectivity index (χ0) is 15.5. The highest BCUT2D eigenvalue weighted by Crippen LogP contribution is 2.28. The Morgan fingerprint density at radius 3 is 3.05 bits per heavy atom. The van der Waals surface area contributed by atoms with Gasteiger partial charge in [0.05, 0.1) is 11.7 Å². The van der Waals surface area contributed by atoms with Crippen molar-refractivity contribution in [3.63, 3.8) is 0 Å². The average Bonchev–Trinajstić information content (AvgIpc) is 3.12.